The van der Waals surface area contributed by atoms with Gasteiger partial charge in [-0.25, -0.2) is 0 Å². The van der Waals surface area contributed by atoms with E-state index in [1.54, 1.807) is 55.6 Å². The lowest BCUT2D eigenvalue weighted by molar-refractivity contribution is -0.140. The predicted molar refractivity (Wildman–Crippen MR) is 131 cm³/mol. The lowest BCUT2D eigenvalue weighted by Crippen LogP contribution is -2.29. The van der Waals surface area contributed by atoms with Gasteiger partial charge in [0.25, 0.3) is 11.7 Å². The van der Waals surface area contributed by atoms with Gasteiger partial charge in [-0.15, -0.1) is 0 Å². The Morgan fingerprint density at radius 2 is 1.54 bits per heavy atom. The third kappa shape index (κ3) is 4.84. The molecule has 0 aliphatic carbocycles. The van der Waals surface area contributed by atoms with E-state index in [4.69, 9.17) is 14.2 Å². The lowest BCUT2D eigenvalue weighted by Gasteiger charge is -2.25. The van der Waals surface area contributed by atoms with E-state index in [0.717, 1.165) is 11.3 Å². The van der Waals surface area contributed by atoms with E-state index in [-0.39, 0.29) is 17.9 Å². The van der Waals surface area contributed by atoms with Crippen molar-refractivity contribution in [2.45, 2.75) is 19.5 Å². The smallest absolute Gasteiger partial charge is 0.295 e. The summed E-state index contributed by atoms with van der Waals surface area (Å²) < 4.78 is 16.0. The predicted octanol–water partition coefficient (Wildman–Crippen LogP) is 4.72. The third-order valence-electron chi connectivity index (χ3n) is 5.90. The van der Waals surface area contributed by atoms with Crippen LogP contribution in [0.2, 0.25) is 0 Å². The third-order valence-corrected chi connectivity index (χ3v) is 5.90. The molecular formula is C28H27NO6. The van der Waals surface area contributed by atoms with Gasteiger partial charge in [-0.05, 0) is 54.4 Å². The first-order valence-corrected chi connectivity index (χ1v) is 11.2. The molecule has 35 heavy (non-hydrogen) atoms. The summed E-state index contributed by atoms with van der Waals surface area (Å²) in [5, 5.41) is 11.2. The number of amides is 1. The van der Waals surface area contributed by atoms with Crippen molar-refractivity contribution in [2.75, 3.05) is 20.8 Å². The molecule has 1 heterocycles. The molecule has 1 N–H and O–H groups in total. The number of ketones is 1. The van der Waals surface area contributed by atoms with Gasteiger partial charge in [-0.1, -0.05) is 36.4 Å². The number of carbonyl (C=O) groups excluding carboxylic acids is 2. The number of aliphatic hydroxyl groups excluding tert-OH is 1. The van der Waals surface area contributed by atoms with Gasteiger partial charge in [-0.3, -0.25) is 9.59 Å². The van der Waals surface area contributed by atoms with Crippen LogP contribution in [0.15, 0.2) is 78.4 Å². The number of carbonyl (C=O) groups is 2. The molecule has 1 atom stereocenters. The zero-order valence-corrected chi connectivity index (χ0v) is 19.9. The molecule has 7 nitrogen and oxygen atoms in total. The van der Waals surface area contributed by atoms with Gasteiger partial charge >= 0.3 is 0 Å². The minimum absolute atomic E-state index is 0.0272. The molecule has 3 aromatic carbocycles. The number of benzene rings is 3. The van der Waals surface area contributed by atoms with E-state index in [1.807, 2.05) is 31.2 Å². The van der Waals surface area contributed by atoms with Crippen LogP contribution in [-0.4, -0.2) is 42.5 Å². The molecule has 1 amide bonds. The van der Waals surface area contributed by atoms with Gasteiger partial charge in [-0.2, -0.15) is 0 Å². The highest BCUT2D eigenvalue weighted by molar-refractivity contribution is 6.46. The second-order valence-corrected chi connectivity index (χ2v) is 8.01. The van der Waals surface area contributed by atoms with Gasteiger partial charge in [0.15, 0.2) is 0 Å². The van der Waals surface area contributed by atoms with Crippen molar-refractivity contribution in [1.29, 1.82) is 0 Å². The second kappa shape index (κ2) is 10.3. The van der Waals surface area contributed by atoms with E-state index in [2.05, 4.69) is 0 Å². The molecule has 0 saturated carbocycles. The van der Waals surface area contributed by atoms with Crippen LogP contribution in [0.1, 0.15) is 29.7 Å². The van der Waals surface area contributed by atoms with Crippen molar-refractivity contribution in [3.05, 3.63) is 95.1 Å². The standard InChI is InChI=1S/C28H27NO6/c1-4-35-22-12-8-18(9-13-22)17-29-25(19-10-14-21(33-2)15-11-19)24(27(31)28(29)32)26(30)20-6-5-7-23(16-20)34-3/h5-16,25,30H,4,17H2,1-3H3/b26-24-. The molecule has 0 radical (unpaired) electrons. The number of likely N-dealkylation sites (tertiary alicyclic amines) is 1. The van der Waals surface area contributed by atoms with Crippen molar-refractivity contribution in [1.82, 2.24) is 4.90 Å². The fourth-order valence-electron chi connectivity index (χ4n) is 4.16. The van der Waals surface area contributed by atoms with Crippen molar-refractivity contribution >= 4 is 17.4 Å². The Labute approximate surface area is 204 Å². The number of Topliss-reactive ketones (excluding diaryl/α,β-unsaturated/α-hetero) is 1. The monoisotopic (exact) mass is 473 g/mol. The number of ether oxygens (including phenoxy) is 3. The summed E-state index contributed by atoms with van der Waals surface area (Å²) in [6.07, 6.45) is 0. The summed E-state index contributed by atoms with van der Waals surface area (Å²) in [5.41, 5.74) is 1.93. The number of hydrogen-bond donors (Lipinski definition) is 1. The topological polar surface area (TPSA) is 85.3 Å². The van der Waals surface area contributed by atoms with Crippen LogP contribution < -0.4 is 14.2 Å². The average Bonchev–Trinajstić information content (AvgIpc) is 3.14. The Kier molecular flexibility index (Phi) is 7.06. The van der Waals surface area contributed by atoms with Crippen molar-refractivity contribution < 1.29 is 28.9 Å². The van der Waals surface area contributed by atoms with Crippen molar-refractivity contribution in [3.63, 3.8) is 0 Å². The van der Waals surface area contributed by atoms with Gasteiger partial charge in [0, 0.05) is 12.1 Å². The fourth-order valence-corrected chi connectivity index (χ4v) is 4.16. The summed E-state index contributed by atoms with van der Waals surface area (Å²) in [4.78, 5) is 27.9. The summed E-state index contributed by atoms with van der Waals surface area (Å²) in [7, 11) is 3.09. The number of rotatable bonds is 8. The van der Waals surface area contributed by atoms with Crippen LogP contribution >= 0.6 is 0 Å². The van der Waals surface area contributed by atoms with Crippen LogP contribution in [0.5, 0.6) is 17.2 Å². The largest absolute Gasteiger partial charge is 0.507 e. The van der Waals surface area contributed by atoms with E-state index in [1.165, 1.54) is 12.0 Å². The van der Waals surface area contributed by atoms with Crippen LogP contribution in [-0.2, 0) is 16.1 Å². The minimum Gasteiger partial charge on any atom is -0.507 e. The fraction of sp³-hybridized carbons (Fsp3) is 0.214. The molecule has 0 aromatic heterocycles. The SMILES string of the molecule is CCOc1ccc(CN2C(=O)C(=O)/C(=C(\O)c3cccc(OC)c3)C2c2ccc(OC)cc2)cc1. The maximum atomic E-state index is 13.2. The van der Waals surface area contributed by atoms with Gasteiger partial charge in [0.2, 0.25) is 0 Å². The highest BCUT2D eigenvalue weighted by Crippen LogP contribution is 2.41. The van der Waals surface area contributed by atoms with Gasteiger partial charge in [0.05, 0.1) is 32.4 Å². The first-order valence-electron chi connectivity index (χ1n) is 11.2. The zero-order chi connectivity index (χ0) is 24.9. The van der Waals surface area contributed by atoms with E-state index in [9.17, 15) is 14.7 Å². The molecule has 1 aliphatic rings. The number of aliphatic hydroxyl groups is 1. The van der Waals surface area contributed by atoms with Crippen LogP contribution in [0.4, 0.5) is 0 Å². The number of nitrogens with zero attached hydrogens (tertiary/aromatic N) is 1. The molecule has 180 valence electrons. The molecule has 0 spiro atoms. The summed E-state index contributed by atoms with van der Waals surface area (Å²) in [6, 6.07) is 20.4. The van der Waals surface area contributed by atoms with Gasteiger partial charge in [0.1, 0.15) is 23.0 Å². The maximum absolute atomic E-state index is 13.2. The molecule has 1 aliphatic heterocycles. The Balaban J connectivity index is 1.80. The van der Waals surface area contributed by atoms with Crippen LogP contribution in [0, 0.1) is 0 Å². The highest BCUT2D eigenvalue weighted by atomic mass is 16.5. The molecular weight excluding hydrogens is 446 g/mol. The zero-order valence-electron chi connectivity index (χ0n) is 19.9. The Morgan fingerprint density at radius 3 is 2.17 bits per heavy atom. The maximum Gasteiger partial charge on any atom is 0.295 e. The Hall–Kier alpha value is -4.26. The molecule has 7 heteroatoms. The second-order valence-electron chi connectivity index (χ2n) is 8.01. The summed E-state index contributed by atoms with van der Waals surface area (Å²) >= 11 is 0. The van der Waals surface area contributed by atoms with E-state index >= 15 is 0 Å². The summed E-state index contributed by atoms with van der Waals surface area (Å²) in [5.74, 6) is 0.227. The van der Waals surface area contributed by atoms with Crippen LogP contribution in [0.25, 0.3) is 5.76 Å². The molecule has 1 saturated heterocycles. The first kappa shape index (κ1) is 23.9. The van der Waals surface area contributed by atoms with Crippen molar-refractivity contribution in [3.8, 4) is 17.2 Å². The van der Waals surface area contributed by atoms with E-state index < -0.39 is 17.7 Å². The Bertz CT molecular complexity index is 1250. The number of hydrogen-bond acceptors (Lipinski definition) is 6. The average molecular weight is 474 g/mol. The lowest BCUT2D eigenvalue weighted by atomic mass is 9.95. The molecule has 0 bridgehead atoms. The highest BCUT2D eigenvalue weighted by Gasteiger charge is 2.46. The molecule has 4 rings (SSSR count). The first-order chi connectivity index (χ1) is 17.0. The summed E-state index contributed by atoms with van der Waals surface area (Å²) in [6.45, 7) is 2.64. The molecule has 3 aromatic rings. The molecule has 1 unspecified atom stereocenters. The van der Waals surface area contributed by atoms with Crippen LogP contribution in [0.3, 0.4) is 0 Å². The quantitative estimate of drug-likeness (QED) is 0.289. The Morgan fingerprint density at radius 1 is 0.886 bits per heavy atom. The molecule has 1 fully saturated rings. The number of methoxy groups -OCH3 is 2. The normalized spacial score (nSPS) is 16.9. The van der Waals surface area contributed by atoms with Crippen molar-refractivity contribution in [2.24, 2.45) is 0 Å². The van der Waals surface area contributed by atoms with Gasteiger partial charge < -0.3 is 24.2 Å². The van der Waals surface area contributed by atoms with E-state index in [0.29, 0.717) is 29.2 Å². The minimum atomic E-state index is -0.779.